The summed E-state index contributed by atoms with van der Waals surface area (Å²) >= 11 is 0. The van der Waals surface area contributed by atoms with E-state index in [0.29, 0.717) is 16.9 Å². The second-order valence-electron chi connectivity index (χ2n) is 5.34. The highest BCUT2D eigenvalue weighted by molar-refractivity contribution is 5.89. The van der Waals surface area contributed by atoms with Crippen LogP contribution >= 0.6 is 0 Å². The van der Waals surface area contributed by atoms with Crippen molar-refractivity contribution in [2.45, 2.75) is 0 Å². The molecule has 0 aliphatic heterocycles. The van der Waals surface area contributed by atoms with Gasteiger partial charge in [-0.3, -0.25) is 0 Å². The normalized spacial score (nSPS) is 10.4. The molecule has 118 valence electrons. The Bertz CT molecular complexity index is 1090. The van der Waals surface area contributed by atoms with Crippen LogP contribution < -0.4 is 0 Å². The van der Waals surface area contributed by atoms with Gasteiger partial charge in [-0.15, -0.1) is 0 Å². The lowest BCUT2D eigenvalue weighted by Gasteiger charge is -2.10. The molecule has 0 unspecified atom stereocenters. The lowest BCUT2D eigenvalue weighted by molar-refractivity contribution is 1.22. The predicted molar refractivity (Wildman–Crippen MR) is 97.0 cm³/mol. The van der Waals surface area contributed by atoms with E-state index in [2.05, 4.69) is 15.0 Å². The number of nitrogens with zero attached hydrogens (tertiary/aromatic N) is 6. The van der Waals surface area contributed by atoms with E-state index in [1.54, 1.807) is 12.3 Å². The minimum absolute atomic E-state index is 0.414. The highest BCUT2D eigenvalue weighted by Gasteiger charge is 2.14. The minimum atomic E-state index is 0.414. The summed E-state index contributed by atoms with van der Waals surface area (Å²) in [5.41, 5.74) is 13.5. The zero-order valence-corrected chi connectivity index (χ0v) is 13.1. The predicted octanol–water partition coefficient (Wildman–Crippen LogP) is 5.30. The van der Waals surface area contributed by atoms with Gasteiger partial charge in [-0.25, -0.2) is 15.0 Å². The van der Waals surface area contributed by atoms with E-state index in [-0.39, 0.29) is 0 Å². The van der Waals surface area contributed by atoms with Crippen LogP contribution in [0.1, 0.15) is 0 Å². The summed E-state index contributed by atoms with van der Waals surface area (Å²) in [4.78, 5) is 16.6. The van der Waals surface area contributed by atoms with Gasteiger partial charge in [0.05, 0.1) is 17.1 Å². The number of hydrogen-bond donors (Lipinski definition) is 0. The van der Waals surface area contributed by atoms with Crippen LogP contribution in [0.4, 0.5) is 5.69 Å². The van der Waals surface area contributed by atoms with Crippen molar-refractivity contribution in [1.82, 2.24) is 15.0 Å². The standard InChI is InChI=1S/C19H12N6/c20-25-24-15-11-12-21-19-18(15)22-16(13-7-3-1-4-8-13)17(23-19)14-9-5-2-6-10-14/h1-12H. The molecule has 0 N–H and O–H groups in total. The van der Waals surface area contributed by atoms with E-state index in [0.717, 1.165) is 22.5 Å². The van der Waals surface area contributed by atoms with Crippen molar-refractivity contribution in [1.29, 1.82) is 0 Å². The summed E-state index contributed by atoms with van der Waals surface area (Å²) in [5, 5.41) is 3.71. The molecule has 4 aromatic rings. The monoisotopic (exact) mass is 324 g/mol. The minimum Gasteiger partial charge on any atom is -0.242 e. The molecule has 0 radical (unpaired) electrons. The third-order valence-electron chi connectivity index (χ3n) is 3.80. The van der Waals surface area contributed by atoms with Gasteiger partial charge in [0.1, 0.15) is 5.52 Å². The SMILES string of the molecule is [N-]=[N+]=Nc1ccnc2nc(-c3ccccc3)c(-c3ccccc3)nc12. The lowest BCUT2D eigenvalue weighted by atomic mass is 10.0. The van der Waals surface area contributed by atoms with Gasteiger partial charge in [-0.1, -0.05) is 65.8 Å². The van der Waals surface area contributed by atoms with Gasteiger partial charge in [0.15, 0.2) is 5.65 Å². The number of rotatable bonds is 3. The third-order valence-corrected chi connectivity index (χ3v) is 3.80. The number of fused-ring (bicyclic) bond motifs is 1. The van der Waals surface area contributed by atoms with Crippen LogP contribution in [0.5, 0.6) is 0 Å². The second kappa shape index (κ2) is 6.39. The quantitative estimate of drug-likeness (QED) is 0.291. The Labute approximate surface area is 143 Å². The van der Waals surface area contributed by atoms with Crippen molar-refractivity contribution in [3.8, 4) is 22.5 Å². The molecular formula is C19H12N6. The van der Waals surface area contributed by atoms with Crippen LogP contribution in [-0.4, -0.2) is 15.0 Å². The fourth-order valence-electron chi connectivity index (χ4n) is 2.67. The molecule has 0 bridgehead atoms. The molecule has 0 aliphatic rings. The first-order chi connectivity index (χ1) is 12.4. The van der Waals surface area contributed by atoms with E-state index in [9.17, 15) is 0 Å². The topological polar surface area (TPSA) is 87.4 Å². The Kier molecular flexibility index (Phi) is 3.79. The molecule has 6 heteroatoms. The maximum Gasteiger partial charge on any atom is 0.179 e. The number of pyridine rings is 1. The largest absolute Gasteiger partial charge is 0.242 e. The zero-order chi connectivity index (χ0) is 17.1. The van der Waals surface area contributed by atoms with Gasteiger partial charge >= 0.3 is 0 Å². The molecule has 0 saturated heterocycles. The molecule has 6 nitrogen and oxygen atoms in total. The van der Waals surface area contributed by atoms with E-state index in [1.807, 2.05) is 60.7 Å². The maximum atomic E-state index is 8.79. The van der Waals surface area contributed by atoms with Crippen LogP contribution in [0.25, 0.3) is 44.1 Å². The lowest BCUT2D eigenvalue weighted by Crippen LogP contribution is -1.97. The Balaban J connectivity index is 2.08. The fraction of sp³-hybridized carbons (Fsp3) is 0. The van der Waals surface area contributed by atoms with Crippen molar-refractivity contribution < 1.29 is 0 Å². The second-order valence-corrected chi connectivity index (χ2v) is 5.34. The molecular weight excluding hydrogens is 312 g/mol. The molecule has 0 spiro atoms. The number of azide groups is 1. The summed E-state index contributed by atoms with van der Waals surface area (Å²) in [6, 6.07) is 21.3. The fourth-order valence-corrected chi connectivity index (χ4v) is 2.67. The summed E-state index contributed by atoms with van der Waals surface area (Å²) in [5.74, 6) is 0. The van der Waals surface area contributed by atoms with Gasteiger partial charge in [0.25, 0.3) is 0 Å². The number of aromatic nitrogens is 3. The highest BCUT2D eigenvalue weighted by Crippen LogP contribution is 2.32. The Hall–Kier alpha value is -3.76. The third kappa shape index (κ3) is 2.78. The van der Waals surface area contributed by atoms with E-state index in [4.69, 9.17) is 15.5 Å². The molecule has 0 amide bonds. The first kappa shape index (κ1) is 14.8. The highest BCUT2D eigenvalue weighted by atomic mass is 15.1. The maximum absolute atomic E-state index is 8.79. The number of hydrogen-bond acceptors (Lipinski definition) is 4. The Morgan fingerprint density at radius 3 is 1.96 bits per heavy atom. The van der Waals surface area contributed by atoms with E-state index in [1.165, 1.54) is 0 Å². The first-order valence-corrected chi connectivity index (χ1v) is 7.69. The van der Waals surface area contributed by atoms with Gasteiger partial charge in [-0.2, -0.15) is 0 Å². The van der Waals surface area contributed by atoms with E-state index >= 15 is 0 Å². The molecule has 2 heterocycles. The van der Waals surface area contributed by atoms with Crippen LogP contribution in [0.2, 0.25) is 0 Å². The van der Waals surface area contributed by atoms with Gasteiger partial charge in [-0.05, 0) is 11.6 Å². The van der Waals surface area contributed by atoms with Crippen LogP contribution in [0, 0.1) is 0 Å². The zero-order valence-electron chi connectivity index (χ0n) is 13.1. The van der Waals surface area contributed by atoms with E-state index < -0.39 is 0 Å². The van der Waals surface area contributed by atoms with Gasteiger partial charge < -0.3 is 0 Å². The Morgan fingerprint density at radius 1 is 0.760 bits per heavy atom. The first-order valence-electron chi connectivity index (χ1n) is 7.69. The average molecular weight is 324 g/mol. The summed E-state index contributed by atoms with van der Waals surface area (Å²) in [6.45, 7) is 0. The van der Waals surface area contributed by atoms with Crippen LogP contribution in [0.15, 0.2) is 78.0 Å². The van der Waals surface area contributed by atoms with Crippen LogP contribution in [0.3, 0.4) is 0 Å². The summed E-state index contributed by atoms with van der Waals surface area (Å²) < 4.78 is 0. The molecule has 0 atom stereocenters. The molecule has 2 aromatic carbocycles. The van der Waals surface area contributed by atoms with Gasteiger partial charge in [0, 0.05) is 22.2 Å². The molecule has 0 aliphatic carbocycles. The van der Waals surface area contributed by atoms with Crippen molar-refractivity contribution in [2.75, 3.05) is 0 Å². The van der Waals surface area contributed by atoms with Crippen molar-refractivity contribution in [3.63, 3.8) is 0 Å². The molecule has 0 fully saturated rings. The molecule has 4 rings (SSSR count). The number of benzene rings is 2. The van der Waals surface area contributed by atoms with Crippen molar-refractivity contribution >= 4 is 16.9 Å². The molecule has 25 heavy (non-hydrogen) atoms. The van der Waals surface area contributed by atoms with Gasteiger partial charge in [0.2, 0.25) is 0 Å². The van der Waals surface area contributed by atoms with Crippen molar-refractivity contribution in [2.24, 2.45) is 5.11 Å². The average Bonchev–Trinajstić information content (AvgIpc) is 2.69. The molecule has 0 saturated carbocycles. The van der Waals surface area contributed by atoms with Crippen molar-refractivity contribution in [3.05, 3.63) is 83.4 Å². The molecule has 2 aromatic heterocycles. The smallest absolute Gasteiger partial charge is 0.179 e. The summed E-state index contributed by atoms with van der Waals surface area (Å²) in [7, 11) is 0. The Morgan fingerprint density at radius 2 is 1.36 bits per heavy atom. The summed E-state index contributed by atoms with van der Waals surface area (Å²) in [6.07, 6.45) is 1.57. The van der Waals surface area contributed by atoms with Crippen LogP contribution in [-0.2, 0) is 0 Å².